The summed E-state index contributed by atoms with van der Waals surface area (Å²) < 4.78 is 5.37. The van der Waals surface area contributed by atoms with Gasteiger partial charge >= 0.3 is 0 Å². The van der Waals surface area contributed by atoms with Gasteiger partial charge < -0.3 is 4.74 Å². The molecule has 1 aliphatic rings. The summed E-state index contributed by atoms with van der Waals surface area (Å²) in [4.78, 5) is 4.27. The van der Waals surface area contributed by atoms with Crippen molar-refractivity contribution in [2.45, 2.75) is 0 Å². The maximum Gasteiger partial charge on any atom is 0.136 e. The van der Waals surface area contributed by atoms with Gasteiger partial charge in [-0.25, -0.2) is 0 Å². The highest BCUT2D eigenvalue weighted by Gasteiger charge is 2.08. The highest BCUT2D eigenvalue weighted by Crippen LogP contribution is 2.31. The minimum atomic E-state index is 0.892. The molecule has 0 bridgehead atoms. The van der Waals surface area contributed by atoms with Crippen molar-refractivity contribution in [3.05, 3.63) is 42.4 Å². The Labute approximate surface area is 75.5 Å². The maximum absolute atomic E-state index is 5.37. The lowest BCUT2D eigenvalue weighted by molar-refractivity contribution is 0.487. The van der Waals surface area contributed by atoms with E-state index >= 15 is 0 Å². The van der Waals surface area contributed by atoms with Gasteiger partial charge in [0.15, 0.2) is 0 Å². The van der Waals surface area contributed by atoms with Crippen LogP contribution < -0.4 is 4.74 Å². The van der Waals surface area contributed by atoms with Crippen LogP contribution in [0, 0.1) is 0 Å². The number of aromatic nitrogens is 1. The molecule has 0 radical (unpaired) electrons. The third-order valence-corrected chi connectivity index (χ3v) is 2.20. The van der Waals surface area contributed by atoms with Crippen molar-refractivity contribution < 1.29 is 4.74 Å². The zero-order valence-corrected chi connectivity index (χ0v) is 6.90. The van der Waals surface area contributed by atoms with Crippen LogP contribution in [0.3, 0.4) is 0 Å². The van der Waals surface area contributed by atoms with Crippen LogP contribution in [-0.2, 0) is 0 Å². The Morgan fingerprint density at radius 2 is 2.15 bits per heavy atom. The summed E-state index contributed by atoms with van der Waals surface area (Å²) in [5.41, 5.74) is 0.986. The van der Waals surface area contributed by atoms with E-state index in [-0.39, 0.29) is 0 Å². The molecule has 0 atom stereocenters. The first-order chi connectivity index (χ1) is 6.45. The first-order valence-electron chi connectivity index (χ1n) is 4.16. The normalized spacial score (nSPS) is 12.9. The molecule has 62 valence electrons. The molecule has 13 heavy (non-hydrogen) atoms. The van der Waals surface area contributed by atoms with Crippen molar-refractivity contribution in [1.82, 2.24) is 4.98 Å². The van der Waals surface area contributed by atoms with Gasteiger partial charge in [0.1, 0.15) is 5.75 Å². The Bertz CT molecular complexity index is 497. The second kappa shape index (κ2) is 2.33. The highest BCUT2D eigenvalue weighted by atomic mass is 16.5. The van der Waals surface area contributed by atoms with Gasteiger partial charge in [0.05, 0.1) is 17.3 Å². The van der Waals surface area contributed by atoms with Crippen molar-refractivity contribution in [2.75, 3.05) is 0 Å². The van der Waals surface area contributed by atoms with Gasteiger partial charge in [-0.2, -0.15) is 0 Å². The average Bonchev–Trinajstić information content (AvgIpc) is 2.19. The molecule has 0 aliphatic carbocycles. The minimum Gasteiger partial charge on any atom is -0.464 e. The fourth-order valence-corrected chi connectivity index (χ4v) is 1.62. The Hall–Kier alpha value is -1.83. The van der Waals surface area contributed by atoms with Gasteiger partial charge in [-0.1, -0.05) is 12.1 Å². The van der Waals surface area contributed by atoms with Gasteiger partial charge in [-0.3, -0.25) is 4.98 Å². The van der Waals surface area contributed by atoms with Crippen LogP contribution in [0.4, 0.5) is 0 Å². The molecule has 0 fully saturated rings. The van der Waals surface area contributed by atoms with Crippen molar-refractivity contribution in [3.8, 4) is 5.75 Å². The fourth-order valence-electron chi connectivity index (χ4n) is 1.62. The molecular weight excluding hydrogens is 162 g/mol. The number of benzene rings is 1. The van der Waals surface area contributed by atoms with Crippen LogP contribution in [0.15, 0.2) is 36.7 Å². The van der Waals surface area contributed by atoms with E-state index in [9.17, 15) is 0 Å². The first-order valence-corrected chi connectivity index (χ1v) is 4.16. The van der Waals surface area contributed by atoms with E-state index in [1.807, 2.05) is 30.5 Å². The van der Waals surface area contributed by atoms with Crippen molar-refractivity contribution in [2.24, 2.45) is 0 Å². The van der Waals surface area contributed by atoms with Crippen LogP contribution >= 0.6 is 0 Å². The van der Waals surface area contributed by atoms with Gasteiger partial charge in [0.2, 0.25) is 0 Å². The van der Waals surface area contributed by atoms with E-state index in [1.54, 1.807) is 6.26 Å². The number of ether oxygens (including phenoxy) is 1. The molecule has 1 aromatic heterocycles. The van der Waals surface area contributed by atoms with Gasteiger partial charge in [-0.15, -0.1) is 0 Å². The Morgan fingerprint density at radius 1 is 1.15 bits per heavy atom. The number of hydrogen-bond acceptors (Lipinski definition) is 2. The monoisotopic (exact) mass is 169 g/mol. The molecule has 1 aliphatic heterocycles. The quantitative estimate of drug-likeness (QED) is 0.604. The van der Waals surface area contributed by atoms with Gasteiger partial charge in [-0.05, 0) is 23.6 Å². The molecule has 0 saturated carbocycles. The molecule has 2 nitrogen and oxygen atoms in total. The third kappa shape index (κ3) is 0.855. The molecular formula is C11H7NO. The first kappa shape index (κ1) is 6.66. The molecule has 3 rings (SSSR count). The van der Waals surface area contributed by atoms with Crippen molar-refractivity contribution >= 4 is 16.8 Å². The minimum absolute atomic E-state index is 0.892. The van der Waals surface area contributed by atoms with E-state index in [1.165, 1.54) is 5.39 Å². The van der Waals surface area contributed by atoms with Gasteiger partial charge in [0.25, 0.3) is 0 Å². The largest absolute Gasteiger partial charge is 0.464 e. The van der Waals surface area contributed by atoms with Crippen LogP contribution in [0.1, 0.15) is 5.69 Å². The third-order valence-electron chi connectivity index (χ3n) is 2.20. The summed E-state index contributed by atoms with van der Waals surface area (Å²) in [6, 6.07) is 8.00. The Morgan fingerprint density at radius 3 is 3.15 bits per heavy atom. The molecule has 2 aromatic rings. The van der Waals surface area contributed by atoms with E-state index in [4.69, 9.17) is 4.74 Å². The lowest BCUT2D eigenvalue weighted by Crippen LogP contribution is -1.93. The zero-order valence-electron chi connectivity index (χ0n) is 6.90. The Balaban J connectivity index is 2.56. The molecule has 0 saturated heterocycles. The molecule has 0 unspecified atom stereocenters. The second-order valence-corrected chi connectivity index (χ2v) is 2.97. The fraction of sp³-hybridized carbons (Fsp3) is 0. The maximum atomic E-state index is 5.37. The number of pyridine rings is 1. The molecule has 0 amide bonds. The SMILES string of the molecule is C1=Cc2nccc3cccc(c23)O1. The Kier molecular flexibility index (Phi) is 1.19. The van der Waals surface area contributed by atoms with E-state index < -0.39 is 0 Å². The number of rotatable bonds is 0. The van der Waals surface area contributed by atoms with Crippen LogP contribution in [-0.4, -0.2) is 4.98 Å². The number of hydrogen-bond donors (Lipinski definition) is 0. The average molecular weight is 169 g/mol. The smallest absolute Gasteiger partial charge is 0.136 e. The number of nitrogens with zero attached hydrogens (tertiary/aromatic N) is 1. The lowest BCUT2D eigenvalue weighted by atomic mass is 10.1. The zero-order chi connectivity index (χ0) is 8.67. The summed E-state index contributed by atoms with van der Waals surface area (Å²) in [6.45, 7) is 0. The molecule has 1 aromatic carbocycles. The summed E-state index contributed by atoms with van der Waals surface area (Å²) in [6.07, 6.45) is 5.37. The summed E-state index contributed by atoms with van der Waals surface area (Å²) >= 11 is 0. The predicted octanol–water partition coefficient (Wildman–Crippen LogP) is 2.60. The van der Waals surface area contributed by atoms with E-state index in [0.29, 0.717) is 0 Å². The molecule has 2 heteroatoms. The predicted molar refractivity (Wildman–Crippen MR) is 51.4 cm³/mol. The van der Waals surface area contributed by atoms with Gasteiger partial charge in [0, 0.05) is 6.20 Å². The molecule has 2 heterocycles. The topological polar surface area (TPSA) is 22.1 Å². The van der Waals surface area contributed by atoms with Crippen molar-refractivity contribution in [1.29, 1.82) is 0 Å². The van der Waals surface area contributed by atoms with Crippen LogP contribution in [0.5, 0.6) is 5.75 Å². The summed E-state index contributed by atoms with van der Waals surface area (Å²) in [5.74, 6) is 0.892. The second-order valence-electron chi connectivity index (χ2n) is 2.97. The van der Waals surface area contributed by atoms with E-state index in [2.05, 4.69) is 11.1 Å². The summed E-state index contributed by atoms with van der Waals surface area (Å²) in [5, 5.41) is 2.28. The highest BCUT2D eigenvalue weighted by molar-refractivity contribution is 5.95. The summed E-state index contributed by atoms with van der Waals surface area (Å²) in [7, 11) is 0. The lowest BCUT2D eigenvalue weighted by Gasteiger charge is -2.11. The van der Waals surface area contributed by atoms with E-state index in [0.717, 1.165) is 16.8 Å². The molecule has 0 spiro atoms. The standard InChI is InChI=1S/C11H7NO/c1-2-8-4-6-12-9-5-7-13-10(3-1)11(8)9/h1-7H. The van der Waals surface area contributed by atoms with Crippen LogP contribution in [0.25, 0.3) is 16.8 Å². The van der Waals surface area contributed by atoms with Crippen molar-refractivity contribution in [3.63, 3.8) is 0 Å². The molecule has 0 N–H and O–H groups in total. The van der Waals surface area contributed by atoms with Crippen LogP contribution in [0.2, 0.25) is 0 Å².